The van der Waals surface area contributed by atoms with Crippen molar-refractivity contribution in [2.24, 2.45) is 0 Å². The van der Waals surface area contributed by atoms with E-state index in [4.69, 9.17) is 14.9 Å². The molecule has 9 nitrogen and oxygen atoms in total. The van der Waals surface area contributed by atoms with Gasteiger partial charge < -0.3 is 25.6 Å². The zero-order valence-corrected chi connectivity index (χ0v) is 27.9. The number of unbranched alkanes of at least 4 members (excludes halogenated alkanes) is 7. The molecule has 0 aromatic carbocycles. The van der Waals surface area contributed by atoms with Crippen LogP contribution in [0.5, 0.6) is 0 Å². The van der Waals surface area contributed by atoms with Crippen LogP contribution in [0.25, 0.3) is 0 Å². The molecule has 0 fully saturated rings. The van der Waals surface area contributed by atoms with Crippen molar-refractivity contribution < 1.29 is 34.1 Å². The molecule has 2 atom stereocenters. The Morgan fingerprint density at radius 1 is 0.689 bits per heavy atom. The standard InChI is InChI=1S/C36H60N2O7/c1-3-5-7-8-9-10-11-12-13-14-15-16-17-18-19-20-24-28-35(42)45-31(25-6-4-2)26-22-21-23-27-33(40)37-29-34(41)38-32(30-39)36(43)44/h5,7,9-10,12-13,15-16,31-32,39H,3-4,6,8,11,14,17-30H2,1-2H3,(H,37,40)(H,38,41)(H,43,44)/b7-5-,10-9-,13-12-,16-15-. The maximum Gasteiger partial charge on any atom is 0.328 e. The van der Waals surface area contributed by atoms with E-state index in [9.17, 15) is 19.2 Å². The number of hydrogen-bond acceptors (Lipinski definition) is 6. The molecular formula is C36H60N2O7. The van der Waals surface area contributed by atoms with Gasteiger partial charge in [-0.3, -0.25) is 14.4 Å². The number of carbonyl (C=O) groups excluding carboxylic acids is 3. The summed E-state index contributed by atoms with van der Waals surface area (Å²) in [6.07, 6.45) is 33.4. The minimum Gasteiger partial charge on any atom is -0.480 e. The summed E-state index contributed by atoms with van der Waals surface area (Å²) in [5, 5.41) is 22.4. The molecule has 0 spiro atoms. The third kappa shape index (κ3) is 28.0. The second-order valence-corrected chi connectivity index (χ2v) is 11.2. The fourth-order valence-corrected chi connectivity index (χ4v) is 4.45. The molecule has 0 aromatic rings. The molecule has 2 unspecified atom stereocenters. The Morgan fingerprint density at radius 2 is 1.27 bits per heavy atom. The first kappa shape index (κ1) is 41.8. The largest absolute Gasteiger partial charge is 0.480 e. The number of carboxylic acids is 1. The summed E-state index contributed by atoms with van der Waals surface area (Å²) in [5.41, 5.74) is 0. The third-order valence-corrected chi connectivity index (χ3v) is 7.09. The molecule has 0 bridgehead atoms. The van der Waals surface area contributed by atoms with Gasteiger partial charge in [0, 0.05) is 12.8 Å². The van der Waals surface area contributed by atoms with Gasteiger partial charge in [0.05, 0.1) is 13.2 Å². The van der Waals surface area contributed by atoms with Crippen molar-refractivity contribution in [2.45, 2.75) is 142 Å². The van der Waals surface area contributed by atoms with Gasteiger partial charge >= 0.3 is 11.9 Å². The lowest BCUT2D eigenvalue weighted by Gasteiger charge is -2.18. The average molecular weight is 633 g/mol. The number of rotatable bonds is 29. The molecule has 0 aromatic heterocycles. The summed E-state index contributed by atoms with van der Waals surface area (Å²) in [4.78, 5) is 47.0. The van der Waals surface area contributed by atoms with Gasteiger partial charge in [0.2, 0.25) is 11.8 Å². The topological polar surface area (TPSA) is 142 Å². The lowest BCUT2D eigenvalue weighted by atomic mass is 10.0. The lowest BCUT2D eigenvalue weighted by Crippen LogP contribution is -2.47. The predicted molar refractivity (Wildman–Crippen MR) is 181 cm³/mol. The van der Waals surface area contributed by atoms with E-state index in [1.165, 1.54) is 0 Å². The Morgan fingerprint density at radius 3 is 1.89 bits per heavy atom. The van der Waals surface area contributed by atoms with Crippen LogP contribution in [0, 0.1) is 0 Å². The Bertz CT molecular complexity index is 911. The Kier molecular flexibility index (Phi) is 28.6. The van der Waals surface area contributed by atoms with Crippen LogP contribution in [0.1, 0.15) is 129 Å². The maximum atomic E-state index is 12.4. The molecule has 2 amide bonds. The van der Waals surface area contributed by atoms with Crippen LogP contribution in [-0.2, 0) is 23.9 Å². The number of amides is 2. The third-order valence-electron chi connectivity index (χ3n) is 7.09. The van der Waals surface area contributed by atoms with Crippen molar-refractivity contribution in [3.8, 4) is 0 Å². The van der Waals surface area contributed by atoms with E-state index in [1.807, 2.05) is 0 Å². The summed E-state index contributed by atoms with van der Waals surface area (Å²) < 4.78 is 5.78. The first-order valence-electron chi connectivity index (χ1n) is 17.0. The van der Waals surface area contributed by atoms with E-state index in [1.54, 1.807) is 0 Å². The number of aliphatic carboxylic acids is 1. The lowest BCUT2D eigenvalue weighted by molar-refractivity contribution is -0.150. The van der Waals surface area contributed by atoms with Crippen molar-refractivity contribution in [2.75, 3.05) is 13.2 Å². The number of allylic oxidation sites excluding steroid dienone is 8. The number of aliphatic hydroxyl groups is 1. The minimum atomic E-state index is -1.39. The van der Waals surface area contributed by atoms with Gasteiger partial charge in [0.25, 0.3) is 0 Å². The van der Waals surface area contributed by atoms with E-state index in [2.05, 4.69) is 73.1 Å². The number of nitrogens with one attached hydrogen (secondary N) is 2. The van der Waals surface area contributed by atoms with Crippen molar-refractivity contribution >= 4 is 23.8 Å². The first-order chi connectivity index (χ1) is 21.8. The monoisotopic (exact) mass is 632 g/mol. The zero-order valence-electron chi connectivity index (χ0n) is 27.9. The highest BCUT2D eigenvalue weighted by atomic mass is 16.5. The molecule has 256 valence electrons. The smallest absolute Gasteiger partial charge is 0.328 e. The normalized spacial score (nSPS) is 13.1. The number of carboxylic acid groups (broad SMARTS) is 1. The van der Waals surface area contributed by atoms with Crippen molar-refractivity contribution in [1.82, 2.24) is 10.6 Å². The summed E-state index contributed by atoms with van der Waals surface area (Å²) >= 11 is 0. The summed E-state index contributed by atoms with van der Waals surface area (Å²) in [6, 6.07) is -1.39. The van der Waals surface area contributed by atoms with Gasteiger partial charge in [-0.15, -0.1) is 0 Å². The Labute approximate surface area is 271 Å². The van der Waals surface area contributed by atoms with Crippen LogP contribution in [0.15, 0.2) is 48.6 Å². The van der Waals surface area contributed by atoms with Crippen LogP contribution < -0.4 is 10.6 Å². The number of hydrogen-bond donors (Lipinski definition) is 4. The summed E-state index contributed by atoms with van der Waals surface area (Å²) in [7, 11) is 0. The van der Waals surface area contributed by atoms with E-state index in [0.29, 0.717) is 12.8 Å². The van der Waals surface area contributed by atoms with E-state index >= 15 is 0 Å². The summed E-state index contributed by atoms with van der Waals surface area (Å²) in [6.45, 7) is 3.19. The SMILES string of the molecule is CC/C=C\C/C=C\C/C=C\C/C=C\CCCCCCC(=O)OC(CCCC)CCCCCC(=O)NCC(=O)NC(CO)C(=O)O. The Balaban J connectivity index is 3.98. The quantitative estimate of drug-likeness (QED) is 0.0401. The molecule has 0 saturated carbocycles. The maximum absolute atomic E-state index is 12.4. The van der Waals surface area contributed by atoms with Gasteiger partial charge in [-0.2, -0.15) is 0 Å². The zero-order chi connectivity index (χ0) is 33.4. The van der Waals surface area contributed by atoms with Gasteiger partial charge in [0.15, 0.2) is 0 Å². The van der Waals surface area contributed by atoms with E-state index < -0.39 is 24.5 Å². The van der Waals surface area contributed by atoms with Gasteiger partial charge in [0.1, 0.15) is 12.1 Å². The first-order valence-corrected chi connectivity index (χ1v) is 17.0. The second-order valence-electron chi connectivity index (χ2n) is 11.2. The molecule has 0 aliphatic heterocycles. The molecule has 0 saturated heterocycles. The average Bonchev–Trinajstić information content (AvgIpc) is 3.02. The predicted octanol–water partition coefficient (Wildman–Crippen LogP) is 6.86. The molecular weight excluding hydrogens is 572 g/mol. The van der Waals surface area contributed by atoms with Gasteiger partial charge in [-0.25, -0.2) is 4.79 Å². The molecule has 45 heavy (non-hydrogen) atoms. The highest BCUT2D eigenvalue weighted by Crippen LogP contribution is 2.16. The molecule has 4 N–H and O–H groups in total. The van der Waals surface area contributed by atoms with E-state index in [-0.39, 0.29) is 30.9 Å². The molecule has 0 radical (unpaired) electrons. The van der Waals surface area contributed by atoms with Crippen molar-refractivity contribution in [3.63, 3.8) is 0 Å². The number of carbonyl (C=O) groups is 4. The van der Waals surface area contributed by atoms with Crippen molar-refractivity contribution in [3.05, 3.63) is 48.6 Å². The fourth-order valence-electron chi connectivity index (χ4n) is 4.45. The molecule has 0 heterocycles. The minimum absolute atomic E-state index is 0.0955. The molecule has 9 heteroatoms. The van der Waals surface area contributed by atoms with Crippen molar-refractivity contribution in [1.29, 1.82) is 0 Å². The van der Waals surface area contributed by atoms with Crippen LogP contribution in [0.4, 0.5) is 0 Å². The molecule has 0 aliphatic rings. The number of esters is 1. The highest BCUT2D eigenvalue weighted by molar-refractivity contribution is 5.87. The molecule has 0 aliphatic carbocycles. The Hall–Kier alpha value is -3.20. The van der Waals surface area contributed by atoms with Crippen LogP contribution in [-0.4, -0.2) is 59.3 Å². The number of aliphatic hydroxyl groups excluding tert-OH is 1. The highest BCUT2D eigenvalue weighted by Gasteiger charge is 2.19. The number of ether oxygens (including phenoxy) is 1. The van der Waals surface area contributed by atoms with Crippen LogP contribution in [0.2, 0.25) is 0 Å². The second kappa shape index (κ2) is 30.8. The van der Waals surface area contributed by atoms with Crippen LogP contribution >= 0.6 is 0 Å². The fraction of sp³-hybridized carbons (Fsp3) is 0.667. The summed E-state index contributed by atoms with van der Waals surface area (Å²) in [5.74, 6) is -2.44. The van der Waals surface area contributed by atoms with E-state index in [0.717, 1.165) is 96.3 Å². The van der Waals surface area contributed by atoms with Crippen LogP contribution in [0.3, 0.4) is 0 Å². The van der Waals surface area contributed by atoms with Gasteiger partial charge in [-0.1, -0.05) is 94.6 Å². The van der Waals surface area contributed by atoms with Gasteiger partial charge in [-0.05, 0) is 70.6 Å². The molecule has 0 rings (SSSR count).